The van der Waals surface area contributed by atoms with E-state index in [0.717, 1.165) is 12.8 Å². The van der Waals surface area contributed by atoms with Crippen molar-refractivity contribution in [1.82, 2.24) is 0 Å². The molecule has 3 heteroatoms. The molecule has 0 saturated carbocycles. The van der Waals surface area contributed by atoms with Crippen LogP contribution in [0.1, 0.15) is 70.6 Å². The third-order valence-electron chi connectivity index (χ3n) is 3.37. The Balaban J connectivity index is 3.03. The molecule has 0 spiro atoms. The maximum absolute atomic E-state index is 8.65. The summed E-state index contributed by atoms with van der Waals surface area (Å²) in [5.74, 6) is 0. The van der Waals surface area contributed by atoms with Gasteiger partial charge in [-0.25, -0.2) is 0 Å². The van der Waals surface area contributed by atoms with E-state index >= 15 is 0 Å². The minimum absolute atomic E-state index is 0.0171. The Morgan fingerprint density at radius 3 is 1.44 bits per heavy atom. The topological polar surface area (TPSA) is 38.7 Å². The molecule has 0 bridgehead atoms. The molecule has 0 aromatic rings. The summed E-state index contributed by atoms with van der Waals surface area (Å²) in [5.41, 5.74) is 0. The first kappa shape index (κ1) is 17.9. The molecule has 0 saturated heterocycles. The summed E-state index contributed by atoms with van der Waals surface area (Å²) < 4.78 is 10.3. The van der Waals surface area contributed by atoms with Crippen molar-refractivity contribution in [3.63, 3.8) is 0 Å². The molecule has 0 heterocycles. The van der Waals surface area contributed by atoms with Gasteiger partial charge in [0.05, 0.1) is 0 Å². The predicted molar refractivity (Wildman–Crippen MR) is 75.7 cm³/mol. The molecule has 0 amide bonds. The molecule has 0 aromatic heterocycles. The first-order valence-electron chi connectivity index (χ1n) is 7.51. The SMILES string of the molecule is COC(CCCCCCCCCCCCO)OC. The van der Waals surface area contributed by atoms with Gasteiger partial charge in [0.1, 0.15) is 0 Å². The lowest BCUT2D eigenvalue weighted by molar-refractivity contribution is -0.107. The second-order valence-electron chi connectivity index (χ2n) is 4.95. The fraction of sp³-hybridized carbons (Fsp3) is 1.00. The zero-order valence-corrected chi connectivity index (χ0v) is 12.3. The summed E-state index contributed by atoms with van der Waals surface area (Å²) in [6.07, 6.45) is 13.6. The average molecular weight is 260 g/mol. The number of methoxy groups -OCH3 is 2. The Morgan fingerprint density at radius 2 is 1.06 bits per heavy atom. The van der Waals surface area contributed by atoms with Gasteiger partial charge in [0, 0.05) is 20.8 Å². The van der Waals surface area contributed by atoms with E-state index in [0.29, 0.717) is 6.61 Å². The minimum atomic E-state index is -0.0171. The van der Waals surface area contributed by atoms with Gasteiger partial charge in [-0.15, -0.1) is 0 Å². The molecule has 3 nitrogen and oxygen atoms in total. The van der Waals surface area contributed by atoms with Crippen LogP contribution >= 0.6 is 0 Å². The van der Waals surface area contributed by atoms with Crippen LogP contribution in [-0.2, 0) is 9.47 Å². The monoisotopic (exact) mass is 260 g/mol. The van der Waals surface area contributed by atoms with Crippen LogP contribution in [0.5, 0.6) is 0 Å². The summed E-state index contributed by atoms with van der Waals surface area (Å²) in [5, 5.41) is 8.65. The number of ether oxygens (including phenoxy) is 2. The summed E-state index contributed by atoms with van der Waals surface area (Å²) in [6, 6.07) is 0. The molecule has 0 rings (SSSR count). The Bertz CT molecular complexity index is 147. The molecular formula is C15H32O3. The van der Waals surface area contributed by atoms with Gasteiger partial charge >= 0.3 is 0 Å². The zero-order valence-electron chi connectivity index (χ0n) is 12.3. The maximum atomic E-state index is 8.65. The molecule has 18 heavy (non-hydrogen) atoms. The third-order valence-corrected chi connectivity index (χ3v) is 3.37. The Kier molecular flexibility index (Phi) is 14.8. The highest BCUT2D eigenvalue weighted by atomic mass is 16.7. The first-order chi connectivity index (χ1) is 8.85. The molecule has 1 N–H and O–H groups in total. The van der Waals surface area contributed by atoms with E-state index in [1.165, 1.54) is 57.8 Å². The van der Waals surface area contributed by atoms with Crippen LogP contribution < -0.4 is 0 Å². The van der Waals surface area contributed by atoms with Crippen LogP contribution in [0, 0.1) is 0 Å². The van der Waals surface area contributed by atoms with Crippen molar-refractivity contribution in [2.45, 2.75) is 76.9 Å². The largest absolute Gasteiger partial charge is 0.396 e. The molecule has 0 aliphatic rings. The van der Waals surface area contributed by atoms with E-state index in [2.05, 4.69) is 0 Å². The summed E-state index contributed by atoms with van der Waals surface area (Å²) in [6.45, 7) is 0.351. The lowest BCUT2D eigenvalue weighted by Gasteiger charge is -2.12. The zero-order chi connectivity index (χ0) is 13.5. The van der Waals surface area contributed by atoms with Gasteiger partial charge in [0.25, 0.3) is 0 Å². The fourth-order valence-corrected chi connectivity index (χ4v) is 2.17. The number of hydrogen-bond acceptors (Lipinski definition) is 3. The Morgan fingerprint density at radius 1 is 0.667 bits per heavy atom. The van der Waals surface area contributed by atoms with Gasteiger partial charge in [-0.3, -0.25) is 0 Å². The molecule has 0 radical (unpaired) electrons. The third kappa shape index (κ3) is 12.3. The lowest BCUT2D eigenvalue weighted by Crippen LogP contribution is -2.12. The van der Waals surface area contributed by atoms with Crippen molar-refractivity contribution >= 4 is 0 Å². The molecule has 110 valence electrons. The van der Waals surface area contributed by atoms with Crippen molar-refractivity contribution in [2.75, 3.05) is 20.8 Å². The average Bonchev–Trinajstić information content (AvgIpc) is 2.40. The second kappa shape index (κ2) is 14.9. The van der Waals surface area contributed by atoms with Crippen LogP contribution in [-0.4, -0.2) is 32.2 Å². The quantitative estimate of drug-likeness (QED) is 0.380. The molecule has 0 fully saturated rings. The van der Waals surface area contributed by atoms with Crippen LogP contribution in [0.2, 0.25) is 0 Å². The number of aliphatic hydroxyl groups excluding tert-OH is 1. The summed E-state index contributed by atoms with van der Waals surface area (Å²) in [7, 11) is 3.40. The van der Waals surface area contributed by atoms with Crippen molar-refractivity contribution in [3.05, 3.63) is 0 Å². The molecule has 0 aliphatic heterocycles. The summed E-state index contributed by atoms with van der Waals surface area (Å²) in [4.78, 5) is 0. The van der Waals surface area contributed by atoms with Gasteiger partial charge in [0.15, 0.2) is 6.29 Å². The van der Waals surface area contributed by atoms with Crippen molar-refractivity contribution < 1.29 is 14.6 Å². The normalized spacial score (nSPS) is 11.3. The van der Waals surface area contributed by atoms with Crippen LogP contribution in [0.25, 0.3) is 0 Å². The minimum Gasteiger partial charge on any atom is -0.396 e. The predicted octanol–water partition coefficient (Wildman–Crippen LogP) is 3.89. The van der Waals surface area contributed by atoms with E-state index in [1.807, 2.05) is 0 Å². The van der Waals surface area contributed by atoms with Crippen molar-refractivity contribution in [2.24, 2.45) is 0 Å². The standard InChI is InChI=1S/C15H32O3/c1-17-15(18-2)13-11-9-7-5-3-4-6-8-10-12-14-16/h15-16H,3-14H2,1-2H3. The lowest BCUT2D eigenvalue weighted by atomic mass is 10.1. The van der Waals surface area contributed by atoms with E-state index in [-0.39, 0.29) is 6.29 Å². The van der Waals surface area contributed by atoms with Crippen molar-refractivity contribution in [1.29, 1.82) is 0 Å². The van der Waals surface area contributed by atoms with Gasteiger partial charge < -0.3 is 14.6 Å². The number of aliphatic hydroxyl groups is 1. The molecule has 0 aromatic carbocycles. The van der Waals surface area contributed by atoms with Gasteiger partial charge in [-0.1, -0.05) is 51.4 Å². The van der Waals surface area contributed by atoms with Crippen LogP contribution in [0.3, 0.4) is 0 Å². The number of hydrogen-bond donors (Lipinski definition) is 1. The van der Waals surface area contributed by atoms with E-state index < -0.39 is 0 Å². The molecular weight excluding hydrogens is 228 g/mol. The summed E-state index contributed by atoms with van der Waals surface area (Å²) >= 11 is 0. The molecule has 0 atom stereocenters. The van der Waals surface area contributed by atoms with Gasteiger partial charge in [-0.2, -0.15) is 0 Å². The Hall–Kier alpha value is -0.120. The maximum Gasteiger partial charge on any atom is 0.156 e. The molecule has 0 aliphatic carbocycles. The van der Waals surface area contributed by atoms with E-state index in [9.17, 15) is 0 Å². The highest BCUT2D eigenvalue weighted by Crippen LogP contribution is 2.12. The second-order valence-corrected chi connectivity index (χ2v) is 4.95. The van der Waals surface area contributed by atoms with Crippen molar-refractivity contribution in [3.8, 4) is 0 Å². The Labute approximate surface area is 113 Å². The van der Waals surface area contributed by atoms with Gasteiger partial charge in [0.2, 0.25) is 0 Å². The smallest absolute Gasteiger partial charge is 0.156 e. The van der Waals surface area contributed by atoms with Crippen LogP contribution in [0.15, 0.2) is 0 Å². The highest BCUT2D eigenvalue weighted by molar-refractivity contribution is 4.50. The van der Waals surface area contributed by atoms with E-state index in [4.69, 9.17) is 14.6 Å². The van der Waals surface area contributed by atoms with E-state index in [1.54, 1.807) is 14.2 Å². The first-order valence-corrected chi connectivity index (χ1v) is 7.51. The number of unbranched alkanes of at least 4 members (excludes halogenated alkanes) is 9. The molecule has 0 unspecified atom stereocenters. The van der Waals surface area contributed by atoms with Gasteiger partial charge in [-0.05, 0) is 19.3 Å². The van der Waals surface area contributed by atoms with Crippen LogP contribution in [0.4, 0.5) is 0 Å². The highest BCUT2D eigenvalue weighted by Gasteiger charge is 2.03. The fourth-order valence-electron chi connectivity index (χ4n) is 2.17. The number of rotatable bonds is 14.